The molecule has 148 valence electrons. The van der Waals surface area contributed by atoms with Crippen molar-refractivity contribution in [3.63, 3.8) is 0 Å². The third-order valence-electron chi connectivity index (χ3n) is 4.62. The van der Waals surface area contributed by atoms with E-state index in [0.717, 1.165) is 11.3 Å². The van der Waals surface area contributed by atoms with Gasteiger partial charge in [0.2, 0.25) is 5.91 Å². The molecule has 0 unspecified atom stereocenters. The molecule has 3 rings (SSSR count). The van der Waals surface area contributed by atoms with Crippen LogP contribution in [0.1, 0.15) is 29.3 Å². The Balaban J connectivity index is 1.64. The van der Waals surface area contributed by atoms with Gasteiger partial charge in [-0.2, -0.15) is 0 Å². The van der Waals surface area contributed by atoms with Crippen LogP contribution in [-0.2, 0) is 16.0 Å². The molecule has 1 heterocycles. The van der Waals surface area contributed by atoms with E-state index in [4.69, 9.17) is 9.47 Å². The summed E-state index contributed by atoms with van der Waals surface area (Å²) < 4.78 is 10.9. The van der Waals surface area contributed by atoms with Crippen molar-refractivity contribution < 1.29 is 19.1 Å². The van der Waals surface area contributed by atoms with Crippen LogP contribution in [0.2, 0.25) is 0 Å². The average molecular weight is 382 g/mol. The van der Waals surface area contributed by atoms with Crippen molar-refractivity contribution >= 4 is 17.5 Å². The molecule has 0 saturated carbocycles. The predicted octanol–water partition coefficient (Wildman–Crippen LogP) is 3.13. The summed E-state index contributed by atoms with van der Waals surface area (Å²) in [4.78, 5) is 27.1. The Hall–Kier alpha value is -2.86. The monoisotopic (exact) mass is 382 g/mol. The number of amides is 2. The normalized spacial score (nSPS) is 13.8. The molecule has 0 bridgehead atoms. The van der Waals surface area contributed by atoms with Crippen LogP contribution in [0, 0.1) is 0 Å². The summed E-state index contributed by atoms with van der Waals surface area (Å²) in [6.45, 7) is 4.73. The molecular weight excluding hydrogens is 356 g/mol. The van der Waals surface area contributed by atoms with Gasteiger partial charge in [0.25, 0.3) is 5.91 Å². The van der Waals surface area contributed by atoms with E-state index in [2.05, 4.69) is 5.32 Å². The van der Waals surface area contributed by atoms with Gasteiger partial charge < -0.3 is 19.7 Å². The molecule has 0 spiro atoms. The zero-order valence-corrected chi connectivity index (χ0v) is 16.1. The third-order valence-corrected chi connectivity index (χ3v) is 4.62. The van der Waals surface area contributed by atoms with Gasteiger partial charge in [0.05, 0.1) is 31.1 Å². The Bertz CT molecular complexity index is 816. The molecule has 0 aliphatic carbocycles. The first-order valence-corrected chi connectivity index (χ1v) is 9.65. The molecule has 0 atom stereocenters. The number of para-hydroxylation sites is 2. The maximum absolute atomic E-state index is 12.8. The highest BCUT2D eigenvalue weighted by Gasteiger charge is 2.21. The first kappa shape index (κ1) is 19.9. The van der Waals surface area contributed by atoms with Crippen molar-refractivity contribution in [2.24, 2.45) is 0 Å². The molecule has 2 aromatic carbocycles. The molecule has 1 fully saturated rings. The number of nitrogens with one attached hydrogen (secondary N) is 1. The predicted molar refractivity (Wildman–Crippen MR) is 108 cm³/mol. The van der Waals surface area contributed by atoms with Crippen LogP contribution in [0.3, 0.4) is 0 Å². The summed E-state index contributed by atoms with van der Waals surface area (Å²) in [5.41, 5.74) is 2.05. The van der Waals surface area contributed by atoms with Crippen molar-refractivity contribution in [1.29, 1.82) is 0 Å². The number of anilines is 1. The lowest BCUT2D eigenvalue weighted by atomic mass is 10.1. The third kappa shape index (κ3) is 5.10. The number of hydrogen-bond acceptors (Lipinski definition) is 4. The Morgan fingerprint density at radius 3 is 2.57 bits per heavy atom. The Morgan fingerprint density at radius 2 is 1.79 bits per heavy atom. The number of carbonyl (C=O) groups is 2. The van der Waals surface area contributed by atoms with E-state index >= 15 is 0 Å². The van der Waals surface area contributed by atoms with E-state index in [1.807, 2.05) is 43.3 Å². The quantitative estimate of drug-likeness (QED) is 0.799. The number of aryl methyl sites for hydroxylation is 1. The molecule has 6 nitrogen and oxygen atoms in total. The van der Waals surface area contributed by atoms with Gasteiger partial charge in [0, 0.05) is 19.5 Å². The molecule has 2 aromatic rings. The van der Waals surface area contributed by atoms with E-state index in [1.54, 1.807) is 17.0 Å². The van der Waals surface area contributed by atoms with Crippen LogP contribution in [0.5, 0.6) is 5.75 Å². The molecule has 6 heteroatoms. The Kier molecular flexibility index (Phi) is 7.03. The molecule has 28 heavy (non-hydrogen) atoms. The minimum absolute atomic E-state index is 0.0825. The fourth-order valence-corrected chi connectivity index (χ4v) is 3.18. The second kappa shape index (κ2) is 9.90. The molecule has 1 aliphatic heterocycles. The van der Waals surface area contributed by atoms with Gasteiger partial charge in [-0.1, -0.05) is 30.3 Å². The molecule has 2 amide bonds. The van der Waals surface area contributed by atoms with E-state index in [-0.39, 0.29) is 11.8 Å². The Morgan fingerprint density at radius 1 is 1.07 bits per heavy atom. The lowest BCUT2D eigenvalue weighted by molar-refractivity contribution is -0.116. The fraction of sp³-hybridized carbons (Fsp3) is 0.364. The maximum atomic E-state index is 12.8. The van der Waals surface area contributed by atoms with Crippen molar-refractivity contribution in [3.05, 3.63) is 59.7 Å². The molecule has 1 N–H and O–H groups in total. The topological polar surface area (TPSA) is 67.9 Å². The highest BCUT2D eigenvalue weighted by Crippen LogP contribution is 2.21. The largest absolute Gasteiger partial charge is 0.494 e. The van der Waals surface area contributed by atoms with E-state index in [9.17, 15) is 9.59 Å². The molecule has 0 radical (unpaired) electrons. The van der Waals surface area contributed by atoms with Gasteiger partial charge in [0.1, 0.15) is 5.75 Å². The van der Waals surface area contributed by atoms with E-state index < -0.39 is 0 Å². The van der Waals surface area contributed by atoms with Crippen molar-refractivity contribution in [1.82, 2.24) is 4.90 Å². The number of benzene rings is 2. The van der Waals surface area contributed by atoms with Gasteiger partial charge in [-0.15, -0.1) is 0 Å². The van der Waals surface area contributed by atoms with Crippen molar-refractivity contribution in [3.8, 4) is 5.75 Å². The van der Waals surface area contributed by atoms with E-state index in [1.165, 1.54) is 0 Å². The zero-order valence-electron chi connectivity index (χ0n) is 16.1. The molecular formula is C22H26N2O4. The summed E-state index contributed by atoms with van der Waals surface area (Å²) in [6.07, 6.45) is 0.881. The standard InChI is InChI=1S/C22H26N2O4/c1-2-28-20-10-6-3-7-17(20)11-12-21(25)23-19-9-5-4-8-18(19)22(26)24-13-15-27-16-14-24/h3-10H,2,11-16H2,1H3,(H,23,25). The van der Waals surface area contributed by atoms with Gasteiger partial charge in [0.15, 0.2) is 0 Å². The highest BCUT2D eigenvalue weighted by molar-refractivity contribution is 6.03. The Labute approximate surface area is 165 Å². The minimum atomic E-state index is -0.131. The highest BCUT2D eigenvalue weighted by atomic mass is 16.5. The maximum Gasteiger partial charge on any atom is 0.256 e. The van der Waals surface area contributed by atoms with Crippen LogP contribution >= 0.6 is 0 Å². The summed E-state index contributed by atoms with van der Waals surface area (Å²) in [6, 6.07) is 14.9. The summed E-state index contributed by atoms with van der Waals surface area (Å²) in [5, 5.41) is 2.89. The summed E-state index contributed by atoms with van der Waals surface area (Å²) >= 11 is 0. The van der Waals surface area contributed by atoms with Gasteiger partial charge in [-0.25, -0.2) is 0 Å². The SMILES string of the molecule is CCOc1ccccc1CCC(=O)Nc1ccccc1C(=O)N1CCOCC1. The van der Waals surface area contributed by atoms with Gasteiger partial charge in [-0.3, -0.25) is 9.59 Å². The van der Waals surface area contributed by atoms with Gasteiger partial charge >= 0.3 is 0 Å². The van der Waals surface area contributed by atoms with Crippen LogP contribution < -0.4 is 10.1 Å². The first-order valence-electron chi connectivity index (χ1n) is 9.65. The molecule has 0 aromatic heterocycles. The summed E-state index contributed by atoms with van der Waals surface area (Å²) in [5.74, 6) is 0.593. The van der Waals surface area contributed by atoms with Crippen molar-refractivity contribution in [2.75, 3.05) is 38.2 Å². The van der Waals surface area contributed by atoms with Crippen LogP contribution in [-0.4, -0.2) is 49.6 Å². The number of rotatable bonds is 7. The number of carbonyl (C=O) groups excluding carboxylic acids is 2. The summed E-state index contributed by atoms with van der Waals surface area (Å²) in [7, 11) is 0. The smallest absolute Gasteiger partial charge is 0.256 e. The number of hydrogen-bond donors (Lipinski definition) is 1. The van der Waals surface area contributed by atoms with Crippen LogP contribution in [0.25, 0.3) is 0 Å². The number of morpholine rings is 1. The molecule has 1 aliphatic rings. The lowest BCUT2D eigenvalue weighted by Gasteiger charge is -2.27. The lowest BCUT2D eigenvalue weighted by Crippen LogP contribution is -2.41. The first-order chi connectivity index (χ1) is 13.7. The van der Waals surface area contributed by atoms with Gasteiger partial charge in [-0.05, 0) is 37.1 Å². The second-order valence-corrected chi connectivity index (χ2v) is 6.54. The second-order valence-electron chi connectivity index (χ2n) is 6.54. The number of ether oxygens (including phenoxy) is 2. The average Bonchev–Trinajstić information content (AvgIpc) is 2.74. The zero-order chi connectivity index (χ0) is 19.8. The minimum Gasteiger partial charge on any atom is -0.494 e. The van der Waals surface area contributed by atoms with E-state index in [0.29, 0.717) is 57.0 Å². The fourth-order valence-electron chi connectivity index (χ4n) is 3.18. The van der Waals surface area contributed by atoms with Crippen LogP contribution in [0.15, 0.2) is 48.5 Å². The molecule has 1 saturated heterocycles. The number of nitrogens with zero attached hydrogens (tertiary/aromatic N) is 1. The van der Waals surface area contributed by atoms with Crippen LogP contribution in [0.4, 0.5) is 5.69 Å². The van der Waals surface area contributed by atoms with Crippen molar-refractivity contribution in [2.45, 2.75) is 19.8 Å².